The molecule has 3 aromatic rings. The van der Waals surface area contributed by atoms with Crippen molar-refractivity contribution in [1.29, 1.82) is 0 Å². The Morgan fingerprint density at radius 1 is 1.04 bits per heavy atom. The molecule has 0 aliphatic heterocycles. The summed E-state index contributed by atoms with van der Waals surface area (Å²) in [5, 5.41) is 2.81. The largest absolute Gasteiger partial charge is 0.399 e. The maximum Gasteiger partial charge on any atom is 0.257 e. The molecule has 3 N–H and O–H groups in total. The van der Waals surface area contributed by atoms with Gasteiger partial charge in [-0.15, -0.1) is 0 Å². The number of aromatic nitrogens is 2. The highest BCUT2D eigenvalue weighted by atomic mass is 16.1. The minimum absolute atomic E-state index is 0.0379. The number of hydrogen-bond donors (Lipinski definition) is 2. The van der Waals surface area contributed by atoms with Crippen LogP contribution in [0.15, 0.2) is 48.8 Å². The third-order valence-electron chi connectivity index (χ3n) is 3.80. The molecule has 2 aromatic heterocycles. The Labute approximate surface area is 145 Å². The molecule has 0 aliphatic carbocycles. The smallest absolute Gasteiger partial charge is 0.257 e. The SMILES string of the molecule is CC(C)(C)C(=O)c1cn2cc(C(=O)Nc3ccc(N)cc3)ccc2n1. The number of carbonyl (C=O) groups excluding carboxylic acids is 2. The first-order valence-electron chi connectivity index (χ1n) is 7.94. The van der Waals surface area contributed by atoms with Crippen molar-refractivity contribution in [3.63, 3.8) is 0 Å². The van der Waals surface area contributed by atoms with Crippen molar-refractivity contribution in [2.75, 3.05) is 11.1 Å². The summed E-state index contributed by atoms with van der Waals surface area (Å²) in [6.07, 6.45) is 3.32. The number of amides is 1. The molecule has 0 aliphatic rings. The van der Waals surface area contributed by atoms with E-state index in [-0.39, 0.29) is 11.7 Å². The number of carbonyl (C=O) groups is 2. The first-order valence-corrected chi connectivity index (χ1v) is 7.94. The van der Waals surface area contributed by atoms with Gasteiger partial charge >= 0.3 is 0 Å². The van der Waals surface area contributed by atoms with Crippen LogP contribution in [-0.4, -0.2) is 21.1 Å². The topological polar surface area (TPSA) is 89.5 Å². The number of pyridine rings is 1. The molecule has 3 rings (SSSR count). The highest BCUT2D eigenvalue weighted by molar-refractivity contribution is 6.04. The quantitative estimate of drug-likeness (QED) is 0.566. The number of anilines is 2. The molecule has 0 saturated heterocycles. The average molecular weight is 336 g/mol. The number of nitrogens with two attached hydrogens (primary N) is 1. The number of nitrogens with zero attached hydrogens (tertiary/aromatic N) is 2. The summed E-state index contributed by atoms with van der Waals surface area (Å²) in [6, 6.07) is 10.3. The van der Waals surface area contributed by atoms with Crippen molar-refractivity contribution in [2.45, 2.75) is 20.8 Å². The van der Waals surface area contributed by atoms with Crippen LogP contribution in [0.25, 0.3) is 5.65 Å². The summed E-state index contributed by atoms with van der Waals surface area (Å²) in [5.41, 5.74) is 7.91. The van der Waals surface area contributed by atoms with E-state index in [2.05, 4.69) is 10.3 Å². The molecule has 0 unspecified atom stereocenters. The van der Waals surface area contributed by atoms with E-state index < -0.39 is 5.41 Å². The Kier molecular flexibility index (Phi) is 4.04. The van der Waals surface area contributed by atoms with Gasteiger partial charge in [0.1, 0.15) is 11.3 Å². The molecular weight excluding hydrogens is 316 g/mol. The van der Waals surface area contributed by atoms with Crippen molar-refractivity contribution >= 4 is 28.7 Å². The van der Waals surface area contributed by atoms with E-state index >= 15 is 0 Å². The lowest BCUT2D eigenvalue weighted by Gasteiger charge is -2.13. The number of benzene rings is 1. The first kappa shape index (κ1) is 16.7. The van der Waals surface area contributed by atoms with Crippen molar-refractivity contribution in [1.82, 2.24) is 9.38 Å². The highest BCUT2D eigenvalue weighted by Gasteiger charge is 2.25. The molecule has 2 heterocycles. The molecule has 6 heteroatoms. The summed E-state index contributed by atoms with van der Waals surface area (Å²) in [5.74, 6) is -0.284. The number of nitrogens with one attached hydrogen (secondary N) is 1. The van der Waals surface area contributed by atoms with Crippen molar-refractivity contribution in [3.8, 4) is 0 Å². The number of ketones is 1. The van der Waals surface area contributed by atoms with E-state index in [4.69, 9.17) is 5.73 Å². The van der Waals surface area contributed by atoms with Crippen LogP contribution < -0.4 is 11.1 Å². The van der Waals surface area contributed by atoms with Gasteiger partial charge < -0.3 is 15.5 Å². The van der Waals surface area contributed by atoms with E-state index in [9.17, 15) is 9.59 Å². The predicted molar refractivity (Wildman–Crippen MR) is 97.8 cm³/mol. The van der Waals surface area contributed by atoms with E-state index in [0.717, 1.165) is 0 Å². The van der Waals surface area contributed by atoms with Crippen LogP contribution in [0, 0.1) is 5.41 Å². The molecule has 128 valence electrons. The maximum absolute atomic E-state index is 12.4. The van der Waals surface area contributed by atoms with E-state index in [1.807, 2.05) is 20.8 Å². The zero-order chi connectivity index (χ0) is 18.2. The van der Waals surface area contributed by atoms with Crippen LogP contribution >= 0.6 is 0 Å². The molecule has 25 heavy (non-hydrogen) atoms. The van der Waals surface area contributed by atoms with Gasteiger partial charge in [-0.2, -0.15) is 0 Å². The van der Waals surface area contributed by atoms with E-state index in [0.29, 0.717) is 28.3 Å². The van der Waals surface area contributed by atoms with Gasteiger partial charge in [0.25, 0.3) is 5.91 Å². The Morgan fingerprint density at radius 3 is 2.36 bits per heavy atom. The zero-order valence-corrected chi connectivity index (χ0v) is 14.4. The van der Waals surface area contributed by atoms with Crippen molar-refractivity contribution in [2.24, 2.45) is 5.41 Å². The third-order valence-corrected chi connectivity index (χ3v) is 3.80. The first-order chi connectivity index (χ1) is 11.7. The lowest BCUT2D eigenvalue weighted by atomic mass is 9.89. The average Bonchev–Trinajstić information content (AvgIpc) is 2.98. The Bertz CT molecular complexity index is 950. The lowest BCUT2D eigenvalue weighted by Crippen LogP contribution is -2.20. The second-order valence-corrected chi connectivity index (χ2v) is 6.96. The summed E-state index contributed by atoms with van der Waals surface area (Å²) in [7, 11) is 0. The molecule has 0 spiro atoms. The van der Waals surface area contributed by atoms with Gasteiger partial charge in [0.15, 0.2) is 5.78 Å². The second-order valence-electron chi connectivity index (χ2n) is 6.96. The van der Waals surface area contributed by atoms with E-state index in [1.54, 1.807) is 53.2 Å². The molecule has 1 amide bonds. The minimum Gasteiger partial charge on any atom is -0.399 e. The molecular formula is C19H20N4O2. The number of fused-ring (bicyclic) bond motifs is 1. The summed E-state index contributed by atoms with van der Waals surface area (Å²) >= 11 is 0. The van der Waals surface area contributed by atoms with Crippen LogP contribution in [0.2, 0.25) is 0 Å². The van der Waals surface area contributed by atoms with Gasteiger partial charge in [-0.3, -0.25) is 9.59 Å². The third kappa shape index (κ3) is 3.52. The summed E-state index contributed by atoms with van der Waals surface area (Å²) in [4.78, 5) is 29.1. The zero-order valence-electron chi connectivity index (χ0n) is 14.4. The summed E-state index contributed by atoms with van der Waals surface area (Å²) < 4.78 is 1.69. The Balaban J connectivity index is 1.86. The molecule has 0 atom stereocenters. The van der Waals surface area contributed by atoms with E-state index in [1.165, 1.54) is 0 Å². The van der Waals surface area contributed by atoms with Gasteiger partial charge in [0.05, 0.1) is 5.56 Å². The fraction of sp³-hybridized carbons (Fsp3) is 0.211. The van der Waals surface area contributed by atoms with Gasteiger partial charge in [-0.1, -0.05) is 20.8 Å². The van der Waals surface area contributed by atoms with Gasteiger partial charge in [-0.25, -0.2) is 4.98 Å². The molecule has 0 bridgehead atoms. The van der Waals surface area contributed by atoms with Crippen LogP contribution in [-0.2, 0) is 0 Å². The predicted octanol–water partition coefficient (Wildman–Crippen LogP) is 3.40. The molecule has 0 fully saturated rings. The maximum atomic E-state index is 12.4. The fourth-order valence-electron chi connectivity index (χ4n) is 2.39. The number of Topliss-reactive ketones (excluding diaryl/α,β-unsaturated/α-hetero) is 1. The van der Waals surface area contributed by atoms with Crippen molar-refractivity contribution in [3.05, 3.63) is 60.0 Å². The van der Waals surface area contributed by atoms with Crippen LogP contribution in [0.3, 0.4) is 0 Å². The van der Waals surface area contributed by atoms with Gasteiger partial charge in [-0.05, 0) is 36.4 Å². The molecule has 6 nitrogen and oxygen atoms in total. The molecule has 0 saturated carbocycles. The standard InChI is InChI=1S/C19H20N4O2/c1-19(2,3)17(24)15-11-23-10-12(4-9-16(23)22-15)18(25)21-14-7-5-13(20)6-8-14/h4-11H,20H2,1-3H3,(H,21,25). The number of rotatable bonds is 3. The Morgan fingerprint density at radius 2 is 1.72 bits per heavy atom. The second kappa shape index (κ2) is 6.05. The van der Waals surface area contributed by atoms with Crippen LogP contribution in [0.1, 0.15) is 41.6 Å². The van der Waals surface area contributed by atoms with Crippen LogP contribution in [0.5, 0.6) is 0 Å². The minimum atomic E-state index is -0.507. The number of hydrogen-bond acceptors (Lipinski definition) is 4. The monoisotopic (exact) mass is 336 g/mol. The molecule has 0 radical (unpaired) electrons. The number of imidazole rings is 1. The Hall–Kier alpha value is -3.15. The van der Waals surface area contributed by atoms with Gasteiger partial charge in [0, 0.05) is 29.2 Å². The highest BCUT2D eigenvalue weighted by Crippen LogP contribution is 2.21. The molecule has 1 aromatic carbocycles. The van der Waals surface area contributed by atoms with Crippen molar-refractivity contribution < 1.29 is 9.59 Å². The normalized spacial score (nSPS) is 11.5. The lowest BCUT2D eigenvalue weighted by molar-refractivity contribution is 0.0853. The van der Waals surface area contributed by atoms with Gasteiger partial charge in [0.2, 0.25) is 0 Å². The number of nitrogen functional groups attached to an aromatic ring is 1. The fourth-order valence-corrected chi connectivity index (χ4v) is 2.39. The summed E-state index contributed by atoms with van der Waals surface area (Å²) in [6.45, 7) is 5.56. The van der Waals surface area contributed by atoms with Crippen LogP contribution in [0.4, 0.5) is 11.4 Å².